The first-order valence-corrected chi connectivity index (χ1v) is 6.69. The van der Waals surface area contributed by atoms with E-state index in [1.54, 1.807) is 19.2 Å². The molecule has 0 saturated heterocycles. The Bertz CT molecular complexity index is 823. The van der Waals surface area contributed by atoms with Crippen molar-refractivity contribution in [3.05, 3.63) is 53.7 Å². The summed E-state index contributed by atoms with van der Waals surface area (Å²) in [5.41, 5.74) is 5.72. The molecule has 0 radical (unpaired) electrons. The predicted molar refractivity (Wildman–Crippen MR) is 78.2 cm³/mol. The third kappa shape index (κ3) is 2.00. The lowest BCUT2D eigenvalue weighted by molar-refractivity contribution is -0.142. The zero-order valence-electron chi connectivity index (χ0n) is 12.1. The van der Waals surface area contributed by atoms with Gasteiger partial charge in [0, 0.05) is 24.1 Å². The van der Waals surface area contributed by atoms with Crippen molar-refractivity contribution in [2.24, 2.45) is 5.73 Å². The van der Waals surface area contributed by atoms with Gasteiger partial charge in [0.2, 0.25) is 11.6 Å². The van der Waals surface area contributed by atoms with E-state index in [1.807, 2.05) is 24.3 Å². The van der Waals surface area contributed by atoms with E-state index in [1.165, 1.54) is 6.92 Å². The van der Waals surface area contributed by atoms with Gasteiger partial charge in [0.15, 0.2) is 5.60 Å². The third-order valence-electron chi connectivity index (χ3n) is 3.59. The van der Waals surface area contributed by atoms with Crippen molar-refractivity contribution >= 4 is 22.7 Å². The molecule has 0 bridgehead atoms. The van der Waals surface area contributed by atoms with Gasteiger partial charge in [0.1, 0.15) is 0 Å². The maximum absolute atomic E-state index is 12.7. The molecule has 22 heavy (non-hydrogen) atoms. The van der Waals surface area contributed by atoms with Crippen LogP contribution in [0.15, 0.2) is 48.2 Å². The van der Waals surface area contributed by atoms with Gasteiger partial charge >= 0.3 is 5.97 Å². The van der Waals surface area contributed by atoms with Gasteiger partial charge in [-0.3, -0.25) is 14.6 Å². The van der Waals surface area contributed by atoms with Gasteiger partial charge in [0.25, 0.3) is 5.78 Å². The lowest BCUT2D eigenvalue weighted by Gasteiger charge is -2.24. The molecule has 0 spiro atoms. The van der Waals surface area contributed by atoms with Gasteiger partial charge in [-0.15, -0.1) is 0 Å². The van der Waals surface area contributed by atoms with Crippen LogP contribution < -0.4 is 5.73 Å². The molecule has 6 nitrogen and oxygen atoms in total. The molecule has 1 unspecified atom stereocenters. The highest BCUT2D eigenvalue weighted by Crippen LogP contribution is 2.40. The van der Waals surface area contributed by atoms with Crippen LogP contribution in [0.25, 0.3) is 10.9 Å². The maximum atomic E-state index is 12.7. The molecule has 0 fully saturated rings. The highest BCUT2D eigenvalue weighted by atomic mass is 16.6. The summed E-state index contributed by atoms with van der Waals surface area (Å²) < 4.78 is 10.5. The van der Waals surface area contributed by atoms with Crippen molar-refractivity contribution in [3.63, 3.8) is 0 Å². The van der Waals surface area contributed by atoms with Gasteiger partial charge in [-0.1, -0.05) is 18.2 Å². The number of fused-ring (bicyclic) bond motifs is 1. The summed E-state index contributed by atoms with van der Waals surface area (Å²) in [4.78, 5) is 28.0. The Kier molecular flexibility index (Phi) is 3.09. The number of nitrogens with zero attached hydrogens (tertiary/aromatic N) is 1. The average molecular weight is 298 g/mol. The van der Waals surface area contributed by atoms with Crippen molar-refractivity contribution in [2.45, 2.75) is 19.4 Å². The number of aromatic nitrogens is 1. The van der Waals surface area contributed by atoms with E-state index < -0.39 is 17.4 Å². The molecule has 0 amide bonds. The van der Waals surface area contributed by atoms with E-state index in [4.69, 9.17) is 15.2 Å². The van der Waals surface area contributed by atoms with Gasteiger partial charge in [-0.2, -0.15) is 0 Å². The fraction of sp³-hybridized carbons (Fsp3) is 0.188. The maximum Gasteiger partial charge on any atom is 0.308 e. The van der Waals surface area contributed by atoms with Gasteiger partial charge in [-0.25, -0.2) is 0 Å². The van der Waals surface area contributed by atoms with E-state index >= 15 is 0 Å². The molecule has 2 heterocycles. The molecule has 1 aliphatic rings. The van der Waals surface area contributed by atoms with E-state index in [9.17, 15) is 9.59 Å². The molecule has 6 heteroatoms. The van der Waals surface area contributed by atoms with Crippen LogP contribution in [0.2, 0.25) is 0 Å². The minimum atomic E-state index is -1.35. The lowest BCUT2D eigenvalue weighted by Crippen LogP contribution is -2.32. The van der Waals surface area contributed by atoms with E-state index in [0.29, 0.717) is 5.56 Å². The molecule has 1 aliphatic heterocycles. The van der Waals surface area contributed by atoms with Crippen LogP contribution in [0, 0.1) is 0 Å². The van der Waals surface area contributed by atoms with Crippen molar-refractivity contribution < 1.29 is 19.1 Å². The number of Topliss-reactive ketones (excluding diaryl/α,β-unsaturated/α-hetero) is 1. The Hall–Kier alpha value is -2.89. The molecule has 3 rings (SSSR count). The number of nitrogens with two attached hydrogens (primary N) is 1. The zero-order chi connectivity index (χ0) is 15.9. The van der Waals surface area contributed by atoms with Crippen molar-refractivity contribution in [1.29, 1.82) is 0 Å². The number of carbonyl (C=O) groups is 2. The molecule has 1 atom stereocenters. The average Bonchev–Trinajstić information content (AvgIpc) is 2.70. The number of ketones is 1. The Morgan fingerprint density at radius 1 is 1.32 bits per heavy atom. The summed E-state index contributed by atoms with van der Waals surface area (Å²) in [6.07, 6.45) is 1.60. The number of para-hydroxylation sites is 1. The molecular formula is C16H14N2O4. The van der Waals surface area contributed by atoms with Crippen LogP contribution in [0.4, 0.5) is 0 Å². The Balaban J connectivity index is 2.12. The molecule has 1 aromatic carbocycles. The van der Waals surface area contributed by atoms with E-state index in [2.05, 4.69) is 4.98 Å². The van der Waals surface area contributed by atoms with E-state index in [-0.39, 0.29) is 11.6 Å². The van der Waals surface area contributed by atoms with Gasteiger partial charge in [-0.05, 0) is 19.1 Å². The SMILES string of the molecule is CC(=O)OC1=C(N)OC(C)(c2ccnc3ccccc23)C1=O. The van der Waals surface area contributed by atoms with Crippen LogP contribution >= 0.6 is 0 Å². The number of benzene rings is 1. The Labute approximate surface area is 126 Å². The quantitative estimate of drug-likeness (QED) is 0.849. The Morgan fingerprint density at radius 2 is 2.05 bits per heavy atom. The highest BCUT2D eigenvalue weighted by molar-refractivity contribution is 6.06. The fourth-order valence-electron chi connectivity index (χ4n) is 2.57. The zero-order valence-corrected chi connectivity index (χ0v) is 12.1. The van der Waals surface area contributed by atoms with Crippen molar-refractivity contribution in [1.82, 2.24) is 4.98 Å². The van der Waals surface area contributed by atoms with Crippen LogP contribution in [-0.2, 0) is 24.7 Å². The van der Waals surface area contributed by atoms with Crippen molar-refractivity contribution in [3.8, 4) is 0 Å². The number of rotatable bonds is 2. The summed E-state index contributed by atoms with van der Waals surface area (Å²) in [6.45, 7) is 2.80. The first-order valence-electron chi connectivity index (χ1n) is 6.69. The van der Waals surface area contributed by atoms with Gasteiger partial charge in [0.05, 0.1) is 5.52 Å². The number of hydrogen-bond donors (Lipinski definition) is 1. The largest absolute Gasteiger partial charge is 0.457 e. The minimum absolute atomic E-state index is 0.191. The third-order valence-corrected chi connectivity index (χ3v) is 3.59. The summed E-state index contributed by atoms with van der Waals surface area (Å²) >= 11 is 0. The molecular weight excluding hydrogens is 284 g/mol. The number of hydrogen-bond acceptors (Lipinski definition) is 6. The molecule has 0 saturated carbocycles. The first kappa shape index (κ1) is 14.1. The number of ether oxygens (including phenoxy) is 2. The summed E-state index contributed by atoms with van der Waals surface area (Å²) in [5.74, 6) is -1.56. The lowest BCUT2D eigenvalue weighted by atomic mass is 9.89. The van der Waals surface area contributed by atoms with Crippen LogP contribution in [-0.4, -0.2) is 16.7 Å². The molecule has 2 N–H and O–H groups in total. The summed E-state index contributed by atoms with van der Waals surface area (Å²) in [6, 6.07) is 9.09. The first-order chi connectivity index (χ1) is 10.4. The second-order valence-electron chi connectivity index (χ2n) is 5.13. The highest BCUT2D eigenvalue weighted by Gasteiger charge is 2.49. The van der Waals surface area contributed by atoms with E-state index in [0.717, 1.165) is 10.9 Å². The monoisotopic (exact) mass is 298 g/mol. The summed E-state index contributed by atoms with van der Waals surface area (Å²) in [7, 11) is 0. The minimum Gasteiger partial charge on any atom is -0.457 e. The number of pyridine rings is 1. The smallest absolute Gasteiger partial charge is 0.308 e. The standard InChI is InChI=1S/C16H14N2O4/c1-9(19)21-13-14(20)16(2,22-15(13)17)11-7-8-18-12-6-4-3-5-10(11)12/h3-8H,17H2,1-2H3. The second kappa shape index (κ2) is 4.84. The fourth-order valence-corrected chi connectivity index (χ4v) is 2.57. The Morgan fingerprint density at radius 3 is 2.77 bits per heavy atom. The predicted octanol–water partition coefficient (Wildman–Crippen LogP) is 1.74. The van der Waals surface area contributed by atoms with Crippen molar-refractivity contribution in [2.75, 3.05) is 0 Å². The summed E-state index contributed by atoms with van der Waals surface area (Å²) in [5, 5.41) is 0.776. The number of esters is 1. The van der Waals surface area contributed by atoms with Crippen LogP contribution in [0.5, 0.6) is 0 Å². The van der Waals surface area contributed by atoms with Gasteiger partial charge < -0.3 is 15.2 Å². The molecule has 0 aliphatic carbocycles. The van der Waals surface area contributed by atoms with Crippen LogP contribution in [0.3, 0.4) is 0 Å². The normalized spacial score (nSPS) is 21.1. The number of carbonyl (C=O) groups excluding carboxylic acids is 2. The molecule has 112 valence electrons. The topological polar surface area (TPSA) is 91.5 Å². The van der Waals surface area contributed by atoms with Crippen LogP contribution in [0.1, 0.15) is 19.4 Å². The second-order valence-corrected chi connectivity index (χ2v) is 5.13. The molecule has 2 aromatic rings. The molecule has 1 aromatic heterocycles.